The summed E-state index contributed by atoms with van der Waals surface area (Å²) >= 11 is 0. The van der Waals surface area contributed by atoms with Crippen LogP contribution in [0.4, 0.5) is 0 Å². The largest absolute Gasteiger partial charge is 0.487 e. The highest BCUT2D eigenvalue weighted by Gasteiger charge is 2.22. The van der Waals surface area contributed by atoms with Crippen LogP contribution >= 0.6 is 0 Å². The molecule has 4 nitrogen and oxygen atoms in total. The number of ether oxygens (including phenoxy) is 1. The molecule has 1 heterocycles. The number of carbonyl (C=O) groups excluding carboxylic acids is 1. The van der Waals surface area contributed by atoms with Gasteiger partial charge < -0.3 is 15.0 Å². The minimum atomic E-state index is -0.0399. The van der Waals surface area contributed by atoms with E-state index in [1.165, 1.54) is 0 Å². The maximum absolute atomic E-state index is 12.3. The number of hydrogen-bond donors (Lipinski definition) is 1. The Hall–Kier alpha value is -2.33. The third-order valence-electron chi connectivity index (χ3n) is 3.76. The fourth-order valence-electron chi connectivity index (χ4n) is 2.37. The van der Waals surface area contributed by atoms with Crippen LogP contribution in [0.15, 0.2) is 48.5 Å². The third-order valence-corrected chi connectivity index (χ3v) is 3.76. The van der Waals surface area contributed by atoms with Gasteiger partial charge >= 0.3 is 0 Å². The molecule has 128 valence electrons. The predicted octanol–water partition coefficient (Wildman–Crippen LogP) is 3.43. The molecular weight excluding hydrogens is 300 g/mol. The van der Waals surface area contributed by atoms with Crippen molar-refractivity contribution in [3.05, 3.63) is 54.1 Å². The van der Waals surface area contributed by atoms with Crippen molar-refractivity contribution in [3.63, 3.8) is 0 Å². The first-order chi connectivity index (χ1) is 11.6. The van der Waals surface area contributed by atoms with Crippen LogP contribution in [0.25, 0.3) is 11.1 Å². The van der Waals surface area contributed by atoms with Gasteiger partial charge in [0.15, 0.2) is 0 Å². The number of nitrogens with zero attached hydrogens (tertiary/aromatic N) is 1. The molecule has 0 aromatic heterocycles. The van der Waals surface area contributed by atoms with Crippen molar-refractivity contribution >= 4 is 5.91 Å². The Morgan fingerprint density at radius 2 is 1.71 bits per heavy atom. The summed E-state index contributed by atoms with van der Waals surface area (Å²) in [4.78, 5) is 13.9. The van der Waals surface area contributed by atoms with Gasteiger partial charge in [0, 0.05) is 27.2 Å². The van der Waals surface area contributed by atoms with Gasteiger partial charge in [0.25, 0.3) is 5.91 Å². The van der Waals surface area contributed by atoms with E-state index in [2.05, 4.69) is 17.4 Å². The second-order valence-corrected chi connectivity index (χ2v) is 5.67. The number of rotatable bonds is 4. The molecule has 1 amide bonds. The molecule has 1 fully saturated rings. The quantitative estimate of drug-likeness (QED) is 0.936. The molecule has 0 radical (unpaired) electrons. The van der Waals surface area contributed by atoms with Gasteiger partial charge in [-0.25, -0.2) is 0 Å². The minimum Gasteiger partial charge on any atom is -0.487 e. The van der Waals surface area contributed by atoms with Crippen LogP contribution in [0, 0.1) is 0 Å². The number of nitrogens with one attached hydrogen (secondary N) is 1. The van der Waals surface area contributed by atoms with Gasteiger partial charge in [0.2, 0.25) is 0 Å². The van der Waals surface area contributed by atoms with Crippen LogP contribution < -0.4 is 10.1 Å². The normalized spacial score (nSPS) is 13.3. The number of hydrogen-bond acceptors (Lipinski definition) is 3. The predicted molar refractivity (Wildman–Crippen MR) is 98.5 cm³/mol. The third kappa shape index (κ3) is 4.15. The average Bonchev–Trinajstić information content (AvgIpc) is 2.60. The zero-order chi connectivity index (χ0) is 17.5. The van der Waals surface area contributed by atoms with Gasteiger partial charge in [0.05, 0.1) is 5.56 Å². The van der Waals surface area contributed by atoms with Gasteiger partial charge in [-0.2, -0.15) is 0 Å². The van der Waals surface area contributed by atoms with Crippen LogP contribution in [-0.4, -0.2) is 44.1 Å². The Kier molecular flexibility index (Phi) is 6.38. The minimum absolute atomic E-state index is 0.0399. The van der Waals surface area contributed by atoms with E-state index in [0.29, 0.717) is 11.3 Å². The van der Waals surface area contributed by atoms with Crippen molar-refractivity contribution in [1.82, 2.24) is 10.2 Å². The van der Waals surface area contributed by atoms with Gasteiger partial charge in [-0.15, -0.1) is 0 Å². The molecular formula is C20H26N2O2. The van der Waals surface area contributed by atoms with E-state index in [0.717, 1.165) is 24.2 Å². The Morgan fingerprint density at radius 3 is 2.25 bits per heavy atom. The molecule has 2 aromatic carbocycles. The maximum atomic E-state index is 12.3. The van der Waals surface area contributed by atoms with E-state index >= 15 is 0 Å². The molecule has 0 spiro atoms. The van der Waals surface area contributed by atoms with Gasteiger partial charge in [-0.05, 0) is 23.3 Å². The highest BCUT2D eigenvalue weighted by atomic mass is 16.5. The topological polar surface area (TPSA) is 41.6 Å². The highest BCUT2D eigenvalue weighted by Crippen LogP contribution is 2.29. The molecule has 1 aliphatic heterocycles. The summed E-state index contributed by atoms with van der Waals surface area (Å²) in [5, 5.41) is 3.18. The molecule has 3 rings (SSSR count). The molecule has 0 saturated carbocycles. The van der Waals surface area contributed by atoms with Crippen molar-refractivity contribution in [2.45, 2.75) is 20.0 Å². The summed E-state index contributed by atoms with van der Waals surface area (Å²) in [6.07, 6.45) is 0.139. The van der Waals surface area contributed by atoms with E-state index < -0.39 is 0 Å². The molecule has 0 unspecified atom stereocenters. The molecule has 4 heteroatoms. The fourth-order valence-corrected chi connectivity index (χ4v) is 2.37. The summed E-state index contributed by atoms with van der Waals surface area (Å²) in [6.45, 7) is 5.65. The Morgan fingerprint density at radius 1 is 1.04 bits per heavy atom. The molecule has 0 aliphatic carbocycles. The lowest BCUT2D eigenvalue weighted by atomic mass is 10.0. The van der Waals surface area contributed by atoms with Gasteiger partial charge in [-0.1, -0.05) is 50.2 Å². The Labute approximate surface area is 144 Å². The van der Waals surface area contributed by atoms with E-state index in [1.54, 1.807) is 19.0 Å². The van der Waals surface area contributed by atoms with Crippen molar-refractivity contribution in [3.8, 4) is 16.9 Å². The molecule has 1 aliphatic rings. The monoisotopic (exact) mass is 326 g/mol. The van der Waals surface area contributed by atoms with Crippen LogP contribution in [0.5, 0.6) is 5.75 Å². The number of benzene rings is 2. The van der Waals surface area contributed by atoms with E-state index in [9.17, 15) is 4.79 Å². The van der Waals surface area contributed by atoms with Crippen molar-refractivity contribution in [1.29, 1.82) is 0 Å². The van der Waals surface area contributed by atoms with Crippen LogP contribution in [0.2, 0.25) is 0 Å². The van der Waals surface area contributed by atoms with Crippen LogP contribution in [0.3, 0.4) is 0 Å². The number of amides is 1. The SMILES string of the molecule is CC.CN(C)C(=O)c1ccc(-c2ccccc2)cc1OC1CNC1. The second kappa shape index (κ2) is 8.50. The van der Waals surface area contributed by atoms with Crippen LogP contribution in [0.1, 0.15) is 24.2 Å². The Balaban J connectivity index is 0.00000100. The average molecular weight is 326 g/mol. The van der Waals surface area contributed by atoms with E-state index in [1.807, 2.05) is 50.2 Å². The summed E-state index contributed by atoms with van der Waals surface area (Å²) in [5.74, 6) is 0.619. The zero-order valence-electron chi connectivity index (χ0n) is 14.9. The molecule has 1 saturated heterocycles. The first-order valence-corrected chi connectivity index (χ1v) is 8.43. The Bertz CT molecular complexity index is 665. The molecule has 0 bridgehead atoms. The van der Waals surface area contributed by atoms with Crippen LogP contribution in [-0.2, 0) is 0 Å². The highest BCUT2D eigenvalue weighted by molar-refractivity contribution is 5.97. The molecule has 2 aromatic rings. The standard InChI is InChI=1S/C18H20N2O2.C2H6/c1-20(2)18(21)16-9-8-14(13-6-4-3-5-7-13)10-17(16)22-15-11-19-12-15;1-2/h3-10,15,19H,11-12H2,1-2H3;1-2H3. The van der Waals surface area contributed by atoms with Gasteiger partial charge in [0.1, 0.15) is 11.9 Å². The summed E-state index contributed by atoms with van der Waals surface area (Å²) in [6, 6.07) is 15.9. The smallest absolute Gasteiger partial charge is 0.257 e. The van der Waals surface area contributed by atoms with Gasteiger partial charge in [-0.3, -0.25) is 4.79 Å². The molecule has 1 N–H and O–H groups in total. The van der Waals surface area contributed by atoms with Crippen molar-refractivity contribution < 1.29 is 9.53 Å². The lowest BCUT2D eigenvalue weighted by molar-refractivity contribution is 0.0814. The molecule has 0 atom stereocenters. The summed E-state index contributed by atoms with van der Waals surface area (Å²) in [5.41, 5.74) is 2.78. The number of carbonyl (C=O) groups is 1. The fraction of sp³-hybridized carbons (Fsp3) is 0.350. The summed E-state index contributed by atoms with van der Waals surface area (Å²) < 4.78 is 6.00. The van der Waals surface area contributed by atoms with Crippen molar-refractivity contribution in [2.75, 3.05) is 27.2 Å². The first-order valence-electron chi connectivity index (χ1n) is 8.43. The van der Waals surface area contributed by atoms with E-state index in [-0.39, 0.29) is 12.0 Å². The van der Waals surface area contributed by atoms with Crippen molar-refractivity contribution in [2.24, 2.45) is 0 Å². The van der Waals surface area contributed by atoms with E-state index in [4.69, 9.17) is 4.74 Å². The maximum Gasteiger partial charge on any atom is 0.257 e. The molecule has 24 heavy (non-hydrogen) atoms. The lowest BCUT2D eigenvalue weighted by Crippen LogP contribution is -2.50. The zero-order valence-corrected chi connectivity index (χ0v) is 14.9. The second-order valence-electron chi connectivity index (χ2n) is 5.67. The first kappa shape index (κ1) is 18.0. The summed E-state index contributed by atoms with van der Waals surface area (Å²) in [7, 11) is 3.50. The lowest BCUT2D eigenvalue weighted by Gasteiger charge is -2.29.